The van der Waals surface area contributed by atoms with Crippen LogP contribution >= 0.6 is 16.0 Å². The lowest BCUT2D eigenvalue weighted by Crippen LogP contribution is -2.33. The summed E-state index contributed by atoms with van der Waals surface area (Å²) in [7, 11) is 1.80. The molecule has 2 aromatic carbocycles. The second-order valence-electron chi connectivity index (χ2n) is 6.96. The summed E-state index contributed by atoms with van der Waals surface area (Å²) in [4.78, 5) is 0. The Balaban J connectivity index is 1.95. The first-order valence-corrected chi connectivity index (χ1v) is 12.9. The average Bonchev–Trinajstić information content (AvgIpc) is 3.19. The van der Waals surface area contributed by atoms with Crippen molar-refractivity contribution in [3.8, 4) is 0 Å². The van der Waals surface area contributed by atoms with Crippen LogP contribution in [0.15, 0.2) is 84.2 Å². The van der Waals surface area contributed by atoms with Crippen LogP contribution in [0.1, 0.15) is 20.8 Å². The predicted octanol–water partition coefficient (Wildman–Crippen LogP) is 5.95. The molecule has 1 aliphatic rings. The minimum Gasteiger partial charge on any atom is -0.281 e. The zero-order chi connectivity index (χ0) is 19.2. The molecule has 3 heteroatoms. The third-order valence-electron chi connectivity index (χ3n) is 5.50. The molecule has 0 fully saturated rings. The number of allylic oxidation sites excluding steroid dienone is 2. The van der Waals surface area contributed by atoms with Gasteiger partial charge in [-0.3, -0.25) is 4.67 Å². The van der Waals surface area contributed by atoms with Gasteiger partial charge in [0.1, 0.15) is 0 Å². The zero-order valence-corrected chi connectivity index (χ0v) is 18.7. The third-order valence-corrected chi connectivity index (χ3v) is 10.8. The standard InChI is InChI=1S/C24H31NP2/c1-5-26(6-2)25(4)20(3)23-18-13-19-24(23)27(21-14-9-7-10-15-21)22-16-11-8-12-17-22/h7-20,23H,5-6H2,1-4H3/t20-,23?/m1/s1. The lowest BCUT2D eigenvalue weighted by atomic mass is 10.0. The monoisotopic (exact) mass is 395 g/mol. The number of benzene rings is 2. The van der Waals surface area contributed by atoms with Crippen molar-refractivity contribution < 1.29 is 0 Å². The molecule has 27 heavy (non-hydrogen) atoms. The molecule has 142 valence electrons. The lowest BCUT2D eigenvalue weighted by molar-refractivity contribution is 0.376. The molecule has 2 aromatic rings. The second-order valence-corrected chi connectivity index (χ2v) is 12.1. The van der Waals surface area contributed by atoms with Gasteiger partial charge in [0.15, 0.2) is 0 Å². The van der Waals surface area contributed by atoms with Crippen LogP contribution in [0, 0.1) is 5.92 Å². The first-order valence-electron chi connectivity index (χ1n) is 9.93. The van der Waals surface area contributed by atoms with Crippen LogP contribution in [0.4, 0.5) is 0 Å². The molecule has 0 bridgehead atoms. The Morgan fingerprint density at radius 3 is 1.89 bits per heavy atom. The summed E-state index contributed by atoms with van der Waals surface area (Å²) in [6.45, 7) is 7.08. The Hall–Kier alpha value is -1.26. The Morgan fingerprint density at radius 2 is 1.41 bits per heavy atom. The molecule has 0 N–H and O–H groups in total. The number of nitrogens with zero attached hydrogens (tertiary/aromatic N) is 1. The largest absolute Gasteiger partial charge is 0.281 e. The summed E-state index contributed by atoms with van der Waals surface area (Å²) in [5, 5.41) is 4.48. The van der Waals surface area contributed by atoms with Crippen molar-refractivity contribution in [3.63, 3.8) is 0 Å². The van der Waals surface area contributed by atoms with E-state index in [4.69, 9.17) is 0 Å². The van der Waals surface area contributed by atoms with E-state index in [1.54, 1.807) is 5.31 Å². The van der Waals surface area contributed by atoms with Crippen LogP contribution in [-0.4, -0.2) is 30.1 Å². The van der Waals surface area contributed by atoms with Crippen molar-refractivity contribution in [3.05, 3.63) is 84.2 Å². The summed E-state index contributed by atoms with van der Waals surface area (Å²) >= 11 is 0. The SMILES string of the molecule is CCP(CC)N(C)[C@H](C)C1C=CC=C1P(c1ccccc1)c1ccccc1. The van der Waals surface area contributed by atoms with E-state index in [1.807, 2.05) is 0 Å². The maximum absolute atomic E-state index is 2.66. The zero-order valence-electron chi connectivity index (χ0n) is 16.9. The highest BCUT2D eigenvalue weighted by atomic mass is 31.1. The van der Waals surface area contributed by atoms with Crippen molar-refractivity contribution in [2.75, 3.05) is 19.4 Å². The molecular formula is C24H31NP2. The van der Waals surface area contributed by atoms with Crippen LogP contribution in [0.2, 0.25) is 0 Å². The summed E-state index contributed by atoms with van der Waals surface area (Å²) in [5.41, 5.74) is 0. The molecule has 3 rings (SSSR count). The van der Waals surface area contributed by atoms with Crippen LogP contribution < -0.4 is 10.6 Å². The summed E-state index contributed by atoms with van der Waals surface area (Å²) in [6.07, 6.45) is 9.64. The fourth-order valence-corrected chi connectivity index (χ4v) is 8.54. The van der Waals surface area contributed by atoms with Gasteiger partial charge >= 0.3 is 0 Å². The van der Waals surface area contributed by atoms with Gasteiger partial charge in [-0.05, 0) is 58.2 Å². The van der Waals surface area contributed by atoms with Gasteiger partial charge in [-0.25, -0.2) is 0 Å². The molecule has 0 aromatic heterocycles. The molecule has 0 aliphatic heterocycles. The van der Waals surface area contributed by atoms with E-state index in [-0.39, 0.29) is 8.07 Å². The van der Waals surface area contributed by atoms with Crippen LogP contribution in [0.3, 0.4) is 0 Å². The molecule has 0 saturated heterocycles. The van der Waals surface area contributed by atoms with E-state index in [0.29, 0.717) is 12.0 Å². The van der Waals surface area contributed by atoms with Gasteiger partial charge in [0.25, 0.3) is 0 Å². The van der Waals surface area contributed by atoms with Crippen molar-refractivity contribution >= 4 is 26.6 Å². The van der Waals surface area contributed by atoms with Crippen LogP contribution in [0.5, 0.6) is 0 Å². The summed E-state index contributed by atoms with van der Waals surface area (Å²) < 4.78 is 2.66. The second kappa shape index (κ2) is 9.79. The first-order chi connectivity index (χ1) is 13.2. The van der Waals surface area contributed by atoms with Gasteiger partial charge in [-0.1, -0.05) is 92.7 Å². The van der Waals surface area contributed by atoms with Crippen molar-refractivity contribution in [2.24, 2.45) is 5.92 Å². The van der Waals surface area contributed by atoms with Crippen molar-refractivity contribution in [1.82, 2.24) is 4.67 Å². The van der Waals surface area contributed by atoms with Crippen molar-refractivity contribution in [1.29, 1.82) is 0 Å². The highest BCUT2D eigenvalue weighted by Gasteiger charge is 2.32. The summed E-state index contributed by atoms with van der Waals surface area (Å²) in [5.74, 6) is 0.490. The minimum absolute atomic E-state index is 0.0404. The average molecular weight is 395 g/mol. The smallest absolute Gasteiger partial charge is 0.0207 e. The van der Waals surface area contributed by atoms with E-state index < -0.39 is 7.92 Å². The molecular weight excluding hydrogens is 364 g/mol. The predicted molar refractivity (Wildman–Crippen MR) is 125 cm³/mol. The molecule has 0 spiro atoms. The normalized spacial score (nSPS) is 17.7. The fraction of sp³-hybridized carbons (Fsp3) is 0.333. The molecule has 1 nitrogen and oxygen atoms in total. The molecule has 0 amide bonds. The van der Waals surface area contributed by atoms with E-state index in [1.165, 1.54) is 22.9 Å². The molecule has 0 saturated carbocycles. The van der Waals surface area contributed by atoms with E-state index >= 15 is 0 Å². The van der Waals surface area contributed by atoms with Gasteiger partial charge in [-0.2, -0.15) is 0 Å². The Kier molecular flexibility index (Phi) is 7.42. The molecule has 0 heterocycles. The van der Waals surface area contributed by atoms with Crippen LogP contribution in [0.25, 0.3) is 0 Å². The Bertz CT molecular complexity index is 726. The maximum Gasteiger partial charge on any atom is 0.0207 e. The molecule has 1 aliphatic carbocycles. The van der Waals surface area contributed by atoms with Gasteiger partial charge in [-0.15, -0.1) is 0 Å². The quantitative estimate of drug-likeness (QED) is 0.500. The maximum atomic E-state index is 2.66. The Morgan fingerprint density at radius 1 is 0.889 bits per heavy atom. The van der Waals surface area contributed by atoms with Gasteiger partial charge in [0.05, 0.1) is 0 Å². The van der Waals surface area contributed by atoms with E-state index in [2.05, 4.69) is 111 Å². The fourth-order valence-electron chi connectivity index (χ4n) is 3.88. The molecule has 1 unspecified atom stereocenters. The van der Waals surface area contributed by atoms with E-state index in [9.17, 15) is 0 Å². The molecule has 2 atom stereocenters. The van der Waals surface area contributed by atoms with E-state index in [0.717, 1.165) is 0 Å². The first kappa shape index (κ1) is 20.5. The van der Waals surface area contributed by atoms with Crippen LogP contribution in [-0.2, 0) is 0 Å². The van der Waals surface area contributed by atoms with Gasteiger partial charge in [0.2, 0.25) is 0 Å². The Labute approximate surface area is 167 Å². The highest BCUT2D eigenvalue weighted by molar-refractivity contribution is 7.76. The number of hydrogen-bond donors (Lipinski definition) is 0. The summed E-state index contributed by atoms with van der Waals surface area (Å²) in [6, 6.07) is 22.7. The third kappa shape index (κ3) is 4.60. The van der Waals surface area contributed by atoms with Gasteiger partial charge in [0, 0.05) is 12.0 Å². The molecule has 0 radical (unpaired) electrons. The van der Waals surface area contributed by atoms with Crippen molar-refractivity contribution in [2.45, 2.75) is 26.8 Å². The highest BCUT2D eigenvalue weighted by Crippen LogP contribution is 2.52. The number of hydrogen-bond acceptors (Lipinski definition) is 1. The topological polar surface area (TPSA) is 3.24 Å². The number of rotatable bonds is 8. The minimum atomic E-state index is -0.497. The lowest BCUT2D eigenvalue weighted by Gasteiger charge is -2.37. The van der Waals surface area contributed by atoms with Gasteiger partial charge < -0.3 is 0 Å².